The fraction of sp³-hybridized carbons (Fsp3) is 0.600. The van der Waals surface area contributed by atoms with Gasteiger partial charge >= 0.3 is 0 Å². The van der Waals surface area contributed by atoms with E-state index in [4.69, 9.17) is 5.73 Å². The van der Waals surface area contributed by atoms with Crippen molar-refractivity contribution in [3.8, 4) is 0 Å². The maximum Gasteiger partial charge on any atom is 0.0294 e. The second-order valence-electron chi connectivity index (χ2n) is 5.90. The molecule has 0 bridgehead atoms. The summed E-state index contributed by atoms with van der Waals surface area (Å²) in [5.74, 6) is 0. The Kier molecular flexibility index (Phi) is 4.72. The van der Waals surface area contributed by atoms with Crippen molar-refractivity contribution in [1.29, 1.82) is 0 Å². The first kappa shape index (κ1) is 14.2. The molecule has 1 aromatic carbocycles. The van der Waals surface area contributed by atoms with Crippen molar-refractivity contribution in [3.63, 3.8) is 0 Å². The lowest BCUT2D eigenvalue weighted by molar-refractivity contribution is 0.485. The molecule has 0 aliphatic carbocycles. The zero-order valence-electron chi connectivity index (χ0n) is 11.7. The first-order chi connectivity index (χ1) is 7.84. The highest BCUT2D eigenvalue weighted by molar-refractivity contribution is 5.29. The van der Waals surface area contributed by atoms with Gasteiger partial charge in [-0.05, 0) is 30.4 Å². The van der Waals surface area contributed by atoms with Crippen molar-refractivity contribution < 1.29 is 0 Å². The lowest BCUT2D eigenvalue weighted by Crippen LogP contribution is -2.35. The molecule has 96 valence electrons. The molecule has 0 saturated heterocycles. The van der Waals surface area contributed by atoms with Crippen LogP contribution >= 0.6 is 0 Å². The maximum absolute atomic E-state index is 5.62. The third-order valence-corrected chi connectivity index (χ3v) is 3.16. The summed E-state index contributed by atoms with van der Waals surface area (Å²) < 4.78 is 0. The number of hydrogen-bond acceptors (Lipinski definition) is 2. The van der Waals surface area contributed by atoms with E-state index in [0.29, 0.717) is 18.6 Å². The first-order valence-electron chi connectivity index (χ1n) is 6.41. The van der Waals surface area contributed by atoms with Crippen LogP contribution in [0.3, 0.4) is 0 Å². The van der Waals surface area contributed by atoms with Crippen LogP contribution in [0.5, 0.6) is 0 Å². The second kappa shape index (κ2) is 5.65. The van der Waals surface area contributed by atoms with Gasteiger partial charge in [0.15, 0.2) is 0 Å². The van der Waals surface area contributed by atoms with Gasteiger partial charge in [-0.1, -0.05) is 45.0 Å². The van der Waals surface area contributed by atoms with Crippen molar-refractivity contribution in [1.82, 2.24) is 5.32 Å². The van der Waals surface area contributed by atoms with Gasteiger partial charge in [-0.25, -0.2) is 0 Å². The Morgan fingerprint density at radius 2 is 1.65 bits per heavy atom. The number of nitrogens with two attached hydrogens (primary N) is 1. The summed E-state index contributed by atoms with van der Waals surface area (Å²) in [7, 11) is 0. The monoisotopic (exact) mass is 234 g/mol. The Labute approximate surface area is 106 Å². The average Bonchev–Trinajstić information content (AvgIpc) is 2.27. The van der Waals surface area contributed by atoms with Crippen LogP contribution < -0.4 is 11.1 Å². The van der Waals surface area contributed by atoms with Crippen molar-refractivity contribution in [2.45, 2.75) is 52.1 Å². The maximum atomic E-state index is 5.62. The standard InChI is InChI=1S/C15H26N2/c1-11(10-16)17-12(2)13-6-8-14(9-7-13)15(3,4)5/h6-9,11-12,17H,10,16H2,1-5H3. The van der Waals surface area contributed by atoms with Crippen LogP contribution in [-0.4, -0.2) is 12.6 Å². The van der Waals surface area contributed by atoms with Crippen molar-refractivity contribution in [3.05, 3.63) is 35.4 Å². The molecule has 1 rings (SSSR count). The van der Waals surface area contributed by atoms with E-state index < -0.39 is 0 Å². The smallest absolute Gasteiger partial charge is 0.0294 e. The molecule has 0 aromatic heterocycles. The third kappa shape index (κ3) is 4.14. The molecule has 3 N–H and O–H groups in total. The van der Waals surface area contributed by atoms with E-state index in [-0.39, 0.29) is 5.41 Å². The lowest BCUT2D eigenvalue weighted by atomic mass is 9.86. The molecule has 0 fully saturated rings. The molecule has 2 heteroatoms. The summed E-state index contributed by atoms with van der Waals surface area (Å²) in [6, 6.07) is 9.57. The molecule has 2 unspecified atom stereocenters. The molecular weight excluding hydrogens is 208 g/mol. The van der Waals surface area contributed by atoms with Crippen molar-refractivity contribution >= 4 is 0 Å². The van der Waals surface area contributed by atoms with E-state index in [1.54, 1.807) is 0 Å². The molecule has 0 saturated carbocycles. The van der Waals surface area contributed by atoms with Gasteiger partial charge < -0.3 is 11.1 Å². The molecule has 2 nitrogen and oxygen atoms in total. The van der Waals surface area contributed by atoms with Crippen LogP contribution in [0, 0.1) is 0 Å². The fourth-order valence-corrected chi connectivity index (χ4v) is 1.86. The van der Waals surface area contributed by atoms with E-state index in [9.17, 15) is 0 Å². The van der Waals surface area contributed by atoms with Gasteiger partial charge in [0.2, 0.25) is 0 Å². The number of hydrogen-bond donors (Lipinski definition) is 2. The van der Waals surface area contributed by atoms with Crippen molar-refractivity contribution in [2.75, 3.05) is 6.54 Å². The van der Waals surface area contributed by atoms with Crippen LogP contribution in [0.15, 0.2) is 24.3 Å². The molecule has 0 heterocycles. The Morgan fingerprint density at radius 1 is 1.12 bits per heavy atom. The topological polar surface area (TPSA) is 38.0 Å². The van der Waals surface area contributed by atoms with E-state index in [2.05, 4.69) is 64.2 Å². The minimum absolute atomic E-state index is 0.222. The highest BCUT2D eigenvalue weighted by Gasteiger charge is 2.14. The van der Waals surface area contributed by atoms with E-state index in [0.717, 1.165) is 0 Å². The van der Waals surface area contributed by atoms with E-state index >= 15 is 0 Å². The summed E-state index contributed by atoms with van der Waals surface area (Å²) in [6.45, 7) is 11.7. The Balaban J connectivity index is 2.74. The summed E-state index contributed by atoms with van der Waals surface area (Å²) in [4.78, 5) is 0. The summed E-state index contributed by atoms with van der Waals surface area (Å²) >= 11 is 0. The molecule has 1 aromatic rings. The van der Waals surface area contributed by atoms with Gasteiger partial charge in [0.25, 0.3) is 0 Å². The van der Waals surface area contributed by atoms with Crippen LogP contribution in [0.25, 0.3) is 0 Å². The van der Waals surface area contributed by atoms with Gasteiger partial charge in [-0.3, -0.25) is 0 Å². The van der Waals surface area contributed by atoms with Gasteiger partial charge in [0.05, 0.1) is 0 Å². The molecule has 0 aliphatic heterocycles. The predicted molar refractivity (Wildman–Crippen MR) is 75.2 cm³/mol. The highest BCUT2D eigenvalue weighted by Crippen LogP contribution is 2.23. The van der Waals surface area contributed by atoms with Gasteiger partial charge in [-0.15, -0.1) is 0 Å². The fourth-order valence-electron chi connectivity index (χ4n) is 1.86. The third-order valence-electron chi connectivity index (χ3n) is 3.16. The van der Waals surface area contributed by atoms with Crippen LogP contribution in [0.2, 0.25) is 0 Å². The first-order valence-corrected chi connectivity index (χ1v) is 6.41. The van der Waals surface area contributed by atoms with Crippen LogP contribution in [0.4, 0.5) is 0 Å². The largest absolute Gasteiger partial charge is 0.329 e. The molecular formula is C15H26N2. The minimum Gasteiger partial charge on any atom is -0.329 e. The zero-order chi connectivity index (χ0) is 13.1. The molecule has 2 atom stereocenters. The number of nitrogens with one attached hydrogen (secondary N) is 1. The van der Waals surface area contributed by atoms with Gasteiger partial charge in [0.1, 0.15) is 0 Å². The van der Waals surface area contributed by atoms with Crippen LogP contribution in [-0.2, 0) is 5.41 Å². The molecule has 0 aliphatic rings. The summed E-state index contributed by atoms with van der Waals surface area (Å²) in [6.07, 6.45) is 0. The Hall–Kier alpha value is -0.860. The van der Waals surface area contributed by atoms with Gasteiger partial charge in [-0.2, -0.15) is 0 Å². The minimum atomic E-state index is 0.222. The normalized spacial score (nSPS) is 15.6. The highest BCUT2D eigenvalue weighted by atomic mass is 15.0. The van der Waals surface area contributed by atoms with E-state index in [1.165, 1.54) is 11.1 Å². The van der Waals surface area contributed by atoms with Crippen molar-refractivity contribution in [2.24, 2.45) is 5.73 Å². The van der Waals surface area contributed by atoms with Gasteiger partial charge in [0, 0.05) is 18.6 Å². The average molecular weight is 234 g/mol. The molecule has 0 amide bonds. The molecule has 0 spiro atoms. The summed E-state index contributed by atoms with van der Waals surface area (Å²) in [5, 5.41) is 3.48. The Morgan fingerprint density at radius 3 is 2.06 bits per heavy atom. The molecule has 0 radical (unpaired) electrons. The van der Waals surface area contributed by atoms with Crippen LogP contribution in [0.1, 0.15) is 51.8 Å². The SMILES string of the molecule is CC(CN)NC(C)c1ccc(C(C)(C)C)cc1. The second-order valence-corrected chi connectivity index (χ2v) is 5.90. The molecule has 17 heavy (non-hydrogen) atoms. The predicted octanol–water partition coefficient (Wildman–Crippen LogP) is 2.98. The number of benzene rings is 1. The lowest BCUT2D eigenvalue weighted by Gasteiger charge is -2.22. The zero-order valence-corrected chi connectivity index (χ0v) is 11.7. The summed E-state index contributed by atoms with van der Waals surface area (Å²) in [5.41, 5.74) is 8.53. The quantitative estimate of drug-likeness (QED) is 0.840. The Bertz CT molecular complexity index is 335. The number of rotatable bonds is 4. The van der Waals surface area contributed by atoms with E-state index in [1.807, 2.05) is 0 Å².